The molecule has 1 aliphatic heterocycles. The van der Waals surface area contributed by atoms with Crippen molar-refractivity contribution in [2.75, 3.05) is 13.1 Å². The summed E-state index contributed by atoms with van der Waals surface area (Å²) in [6, 6.07) is 0.507. The van der Waals surface area contributed by atoms with E-state index in [0.29, 0.717) is 12.6 Å². The minimum Gasteiger partial charge on any atom is -0.458 e. The van der Waals surface area contributed by atoms with Gasteiger partial charge in [0.2, 0.25) is 0 Å². The molecule has 0 radical (unpaired) electrons. The Hall–Kier alpha value is -1.85. The van der Waals surface area contributed by atoms with E-state index >= 15 is 0 Å². The molecule has 21 heavy (non-hydrogen) atoms. The first-order valence-corrected chi connectivity index (χ1v) is 7.61. The number of likely N-dealkylation sites (tertiary alicyclic amines) is 1. The highest BCUT2D eigenvalue weighted by molar-refractivity contribution is 5.74. The van der Waals surface area contributed by atoms with E-state index in [1.807, 2.05) is 13.8 Å². The molecule has 1 aromatic rings. The highest BCUT2D eigenvalue weighted by atomic mass is 16.5. The predicted octanol–water partition coefficient (Wildman–Crippen LogP) is 2.00. The molecule has 1 atom stereocenters. The first kappa shape index (κ1) is 15.5. The summed E-state index contributed by atoms with van der Waals surface area (Å²) in [6.07, 6.45) is 6.30. The number of nitrogens with one attached hydrogen (secondary N) is 1. The van der Waals surface area contributed by atoms with Gasteiger partial charge in [0.1, 0.15) is 6.10 Å². The summed E-state index contributed by atoms with van der Waals surface area (Å²) >= 11 is 0. The van der Waals surface area contributed by atoms with E-state index in [2.05, 4.69) is 22.2 Å². The number of hydrogen-bond donors (Lipinski definition) is 1. The average molecular weight is 292 g/mol. The molecule has 1 aromatic heterocycles. The minimum atomic E-state index is -0.0378. The number of hydrogen-bond acceptors (Lipinski definition) is 4. The van der Waals surface area contributed by atoms with Gasteiger partial charge in [0.05, 0.1) is 6.54 Å². The summed E-state index contributed by atoms with van der Waals surface area (Å²) in [5, 5.41) is 2.91. The van der Waals surface area contributed by atoms with Crippen LogP contribution < -0.4 is 10.1 Å². The van der Waals surface area contributed by atoms with Crippen LogP contribution in [0.25, 0.3) is 0 Å². The van der Waals surface area contributed by atoms with Gasteiger partial charge in [0.15, 0.2) is 0 Å². The topological polar surface area (TPSA) is 67.3 Å². The minimum absolute atomic E-state index is 0.0273. The Bertz CT molecular complexity index is 461. The standard InChI is InChI=1S/C15H24N4O2/c1-4-12-8-16-14(17-9-12)21-13-6-5-7-19(10-13)15(20)18-11(2)3/h8-9,11,13H,4-7,10H2,1-3H3,(H,18,20). The van der Waals surface area contributed by atoms with Crippen molar-refractivity contribution < 1.29 is 9.53 Å². The molecule has 0 saturated carbocycles. The summed E-state index contributed by atoms with van der Waals surface area (Å²) < 4.78 is 5.80. The number of aryl methyl sites for hydroxylation is 1. The van der Waals surface area contributed by atoms with Crippen molar-refractivity contribution >= 4 is 6.03 Å². The number of nitrogens with zero attached hydrogens (tertiary/aromatic N) is 3. The molecule has 2 rings (SSSR count). The maximum absolute atomic E-state index is 12.0. The van der Waals surface area contributed by atoms with Crippen LogP contribution in [0.1, 0.15) is 39.2 Å². The van der Waals surface area contributed by atoms with Crippen LogP contribution in [0.15, 0.2) is 12.4 Å². The van der Waals surface area contributed by atoms with E-state index in [1.54, 1.807) is 17.3 Å². The lowest BCUT2D eigenvalue weighted by Crippen LogP contribution is -2.50. The van der Waals surface area contributed by atoms with Crippen LogP contribution in [-0.4, -0.2) is 46.1 Å². The summed E-state index contributed by atoms with van der Waals surface area (Å²) in [5.74, 6) is 0. The number of carbonyl (C=O) groups is 1. The average Bonchev–Trinajstić information content (AvgIpc) is 2.47. The first-order valence-electron chi connectivity index (χ1n) is 7.61. The maximum atomic E-state index is 12.0. The quantitative estimate of drug-likeness (QED) is 0.921. The zero-order chi connectivity index (χ0) is 15.2. The van der Waals surface area contributed by atoms with Gasteiger partial charge < -0.3 is 15.0 Å². The zero-order valence-corrected chi connectivity index (χ0v) is 13.0. The SMILES string of the molecule is CCc1cnc(OC2CCCN(C(=O)NC(C)C)C2)nc1. The van der Waals surface area contributed by atoms with Crippen molar-refractivity contribution in [2.24, 2.45) is 0 Å². The number of rotatable bonds is 4. The van der Waals surface area contributed by atoms with Crippen LogP contribution in [0.2, 0.25) is 0 Å². The molecule has 0 spiro atoms. The van der Waals surface area contributed by atoms with Gasteiger partial charge in [-0.15, -0.1) is 0 Å². The Labute approximate surface area is 125 Å². The molecule has 1 saturated heterocycles. The van der Waals surface area contributed by atoms with Crippen LogP contribution in [0.5, 0.6) is 6.01 Å². The summed E-state index contributed by atoms with van der Waals surface area (Å²) in [7, 11) is 0. The Morgan fingerprint density at radius 2 is 2.19 bits per heavy atom. The van der Waals surface area contributed by atoms with Gasteiger partial charge >= 0.3 is 12.0 Å². The van der Waals surface area contributed by atoms with Crippen molar-refractivity contribution in [1.82, 2.24) is 20.2 Å². The highest BCUT2D eigenvalue weighted by Crippen LogP contribution is 2.15. The zero-order valence-electron chi connectivity index (χ0n) is 13.0. The van der Waals surface area contributed by atoms with Gasteiger partial charge in [0, 0.05) is 25.0 Å². The Balaban J connectivity index is 1.89. The third-order valence-corrected chi connectivity index (χ3v) is 3.44. The van der Waals surface area contributed by atoms with E-state index < -0.39 is 0 Å². The molecule has 2 heterocycles. The lowest BCUT2D eigenvalue weighted by Gasteiger charge is -2.32. The van der Waals surface area contributed by atoms with Crippen molar-refractivity contribution in [3.63, 3.8) is 0 Å². The van der Waals surface area contributed by atoms with Crippen LogP contribution in [-0.2, 0) is 6.42 Å². The fourth-order valence-electron chi connectivity index (χ4n) is 2.29. The number of carbonyl (C=O) groups excluding carboxylic acids is 1. The molecular formula is C15H24N4O2. The van der Waals surface area contributed by atoms with E-state index in [0.717, 1.165) is 31.4 Å². The largest absolute Gasteiger partial charge is 0.458 e. The molecule has 1 aliphatic rings. The third-order valence-electron chi connectivity index (χ3n) is 3.44. The third kappa shape index (κ3) is 4.58. The van der Waals surface area contributed by atoms with Gasteiger partial charge in [-0.1, -0.05) is 6.92 Å². The summed E-state index contributed by atoms with van der Waals surface area (Å²) in [4.78, 5) is 22.2. The number of piperidine rings is 1. The molecule has 116 valence electrons. The molecule has 0 bridgehead atoms. The molecule has 0 aliphatic carbocycles. The molecule has 6 heteroatoms. The lowest BCUT2D eigenvalue weighted by atomic mass is 10.1. The highest BCUT2D eigenvalue weighted by Gasteiger charge is 2.25. The second kappa shape index (κ2) is 7.24. The van der Waals surface area contributed by atoms with Crippen LogP contribution in [0.4, 0.5) is 4.79 Å². The number of ether oxygens (including phenoxy) is 1. The van der Waals surface area contributed by atoms with Gasteiger partial charge in [-0.25, -0.2) is 14.8 Å². The molecular weight excluding hydrogens is 268 g/mol. The molecule has 1 unspecified atom stereocenters. The van der Waals surface area contributed by atoms with Gasteiger partial charge in [0.25, 0.3) is 0 Å². The summed E-state index contributed by atoms with van der Waals surface area (Å²) in [6.45, 7) is 7.33. The second-order valence-electron chi connectivity index (χ2n) is 5.66. The normalized spacial score (nSPS) is 18.7. The van der Waals surface area contributed by atoms with Gasteiger partial charge in [-0.3, -0.25) is 0 Å². The Morgan fingerprint density at radius 1 is 1.48 bits per heavy atom. The van der Waals surface area contributed by atoms with Crippen molar-refractivity contribution in [3.8, 4) is 6.01 Å². The monoisotopic (exact) mass is 292 g/mol. The Kier molecular flexibility index (Phi) is 5.36. The van der Waals surface area contributed by atoms with Gasteiger partial charge in [-0.05, 0) is 38.7 Å². The van der Waals surface area contributed by atoms with E-state index in [-0.39, 0.29) is 18.2 Å². The molecule has 6 nitrogen and oxygen atoms in total. The van der Waals surface area contributed by atoms with E-state index in [4.69, 9.17) is 4.74 Å². The first-order chi connectivity index (χ1) is 10.1. The van der Waals surface area contributed by atoms with Crippen LogP contribution in [0, 0.1) is 0 Å². The van der Waals surface area contributed by atoms with E-state index in [9.17, 15) is 4.79 Å². The van der Waals surface area contributed by atoms with Crippen LogP contribution >= 0.6 is 0 Å². The summed E-state index contributed by atoms with van der Waals surface area (Å²) in [5.41, 5.74) is 1.09. The number of aromatic nitrogens is 2. The predicted molar refractivity (Wildman–Crippen MR) is 80.3 cm³/mol. The molecule has 1 N–H and O–H groups in total. The number of urea groups is 1. The fraction of sp³-hybridized carbons (Fsp3) is 0.667. The maximum Gasteiger partial charge on any atom is 0.317 e. The van der Waals surface area contributed by atoms with Crippen LogP contribution in [0.3, 0.4) is 0 Å². The van der Waals surface area contributed by atoms with Gasteiger partial charge in [-0.2, -0.15) is 0 Å². The number of amides is 2. The Morgan fingerprint density at radius 3 is 2.81 bits per heavy atom. The van der Waals surface area contributed by atoms with E-state index in [1.165, 1.54) is 0 Å². The second-order valence-corrected chi connectivity index (χ2v) is 5.66. The van der Waals surface area contributed by atoms with Crippen molar-refractivity contribution in [3.05, 3.63) is 18.0 Å². The smallest absolute Gasteiger partial charge is 0.317 e. The molecule has 0 aromatic carbocycles. The van der Waals surface area contributed by atoms with Crippen molar-refractivity contribution in [2.45, 2.75) is 52.2 Å². The van der Waals surface area contributed by atoms with Crippen molar-refractivity contribution in [1.29, 1.82) is 0 Å². The molecule has 1 fully saturated rings. The molecule has 2 amide bonds. The lowest BCUT2D eigenvalue weighted by molar-refractivity contribution is 0.0932. The fourth-order valence-corrected chi connectivity index (χ4v) is 2.29.